The number of hydrogen-bond acceptors (Lipinski definition) is 4. The summed E-state index contributed by atoms with van der Waals surface area (Å²) in [5.41, 5.74) is 0.147. The highest BCUT2D eigenvalue weighted by Crippen LogP contribution is 2.33. The van der Waals surface area contributed by atoms with E-state index in [1.165, 1.54) is 0 Å². The fourth-order valence-corrected chi connectivity index (χ4v) is 3.05. The van der Waals surface area contributed by atoms with Gasteiger partial charge in [-0.1, -0.05) is 41.9 Å². The summed E-state index contributed by atoms with van der Waals surface area (Å²) in [6.07, 6.45) is -3.67. The van der Waals surface area contributed by atoms with E-state index in [0.29, 0.717) is 19.8 Å². The molecule has 0 radical (unpaired) electrons. The number of benzene rings is 1. The topological polar surface area (TPSA) is 37.4 Å². The molecule has 1 aliphatic heterocycles. The number of ether oxygens (including phenoxy) is 1. The summed E-state index contributed by atoms with van der Waals surface area (Å²) in [4.78, 5) is 6.14. The van der Waals surface area contributed by atoms with Crippen molar-refractivity contribution < 1.29 is 17.9 Å². The first kappa shape index (κ1) is 18.9. The van der Waals surface area contributed by atoms with Gasteiger partial charge in [0.25, 0.3) is 0 Å². The molecule has 8 heteroatoms. The minimum Gasteiger partial charge on any atom is -0.379 e. The SMILES string of the molecule is FC(F)(F)c1cnc(NC(CN2CCOCC2)c2ccccc2)c(Cl)c1. The summed E-state index contributed by atoms with van der Waals surface area (Å²) >= 11 is 6.05. The van der Waals surface area contributed by atoms with Gasteiger partial charge in [-0.05, 0) is 11.6 Å². The van der Waals surface area contributed by atoms with E-state index in [0.717, 1.165) is 30.9 Å². The van der Waals surface area contributed by atoms with Gasteiger partial charge < -0.3 is 10.1 Å². The zero-order valence-corrected chi connectivity index (χ0v) is 14.7. The van der Waals surface area contributed by atoms with E-state index in [1.54, 1.807) is 0 Å². The van der Waals surface area contributed by atoms with Crippen LogP contribution in [0.5, 0.6) is 0 Å². The van der Waals surface area contributed by atoms with Crippen molar-refractivity contribution in [2.75, 3.05) is 38.2 Å². The Bertz CT molecular complexity index is 721. The zero-order valence-electron chi connectivity index (χ0n) is 14.0. The number of pyridine rings is 1. The molecule has 0 bridgehead atoms. The van der Waals surface area contributed by atoms with Crippen molar-refractivity contribution in [1.29, 1.82) is 0 Å². The lowest BCUT2D eigenvalue weighted by molar-refractivity contribution is -0.137. The second kappa shape index (κ2) is 8.24. The Morgan fingerprint density at radius 2 is 1.88 bits per heavy atom. The third-order valence-corrected chi connectivity index (χ3v) is 4.51. The number of alkyl halides is 3. The van der Waals surface area contributed by atoms with Crippen LogP contribution < -0.4 is 5.32 Å². The van der Waals surface area contributed by atoms with E-state index in [2.05, 4.69) is 15.2 Å². The van der Waals surface area contributed by atoms with Gasteiger partial charge in [-0.2, -0.15) is 13.2 Å². The number of morpholine rings is 1. The van der Waals surface area contributed by atoms with Crippen LogP contribution in [0.25, 0.3) is 0 Å². The molecule has 0 aliphatic carbocycles. The molecule has 0 spiro atoms. The van der Waals surface area contributed by atoms with Crippen molar-refractivity contribution >= 4 is 17.4 Å². The maximum absolute atomic E-state index is 12.8. The minimum atomic E-state index is -4.47. The molecule has 0 saturated carbocycles. The summed E-state index contributed by atoms with van der Waals surface area (Å²) in [5.74, 6) is 0.238. The predicted octanol–water partition coefficient (Wildman–Crippen LogP) is 4.24. The van der Waals surface area contributed by atoms with Crippen LogP contribution in [-0.4, -0.2) is 42.7 Å². The highest BCUT2D eigenvalue weighted by Gasteiger charge is 2.32. The van der Waals surface area contributed by atoms with Gasteiger partial charge in [0.2, 0.25) is 0 Å². The van der Waals surface area contributed by atoms with Gasteiger partial charge >= 0.3 is 6.18 Å². The van der Waals surface area contributed by atoms with Crippen LogP contribution in [0.4, 0.5) is 19.0 Å². The first-order valence-electron chi connectivity index (χ1n) is 8.28. The Kier molecular flexibility index (Phi) is 6.01. The Hall–Kier alpha value is -1.83. The van der Waals surface area contributed by atoms with Gasteiger partial charge in [-0.25, -0.2) is 4.98 Å². The largest absolute Gasteiger partial charge is 0.417 e. The average Bonchev–Trinajstić information content (AvgIpc) is 2.63. The molecule has 140 valence electrons. The van der Waals surface area contributed by atoms with Gasteiger partial charge in [0.15, 0.2) is 0 Å². The Balaban J connectivity index is 1.81. The molecule has 3 rings (SSSR count). The highest BCUT2D eigenvalue weighted by molar-refractivity contribution is 6.33. The van der Waals surface area contributed by atoms with Crippen LogP contribution in [0.3, 0.4) is 0 Å². The molecular weight excluding hydrogens is 367 g/mol. The van der Waals surface area contributed by atoms with Crippen LogP contribution >= 0.6 is 11.6 Å². The standard InChI is InChI=1S/C18H19ClF3N3O/c19-15-10-14(18(20,21)22)11-23-17(15)24-16(13-4-2-1-3-5-13)12-25-6-8-26-9-7-25/h1-5,10-11,16H,6-9,12H2,(H,23,24). The van der Waals surface area contributed by atoms with E-state index in [9.17, 15) is 13.2 Å². The molecule has 1 aromatic heterocycles. The smallest absolute Gasteiger partial charge is 0.379 e. The fraction of sp³-hybridized carbons (Fsp3) is 0.389. The summed E-state index contributed by atoms with van der Waals surface area (Å²) in [6, 6.07) is 10.4. The molecule has 0 amide bonds. The summed E-state index contributed by atoms with van der Waals surface area (Å²) < 4.78 is 43.8. The lowest BCUT2D eigenvalue weighted by Gasteiger charge is -2.31. The number of nitrogens with one attached hydrogen (secondary N) is 1. The molecule has 26 heavy (non-hydrogen) atoms. The van der Waals surface area contributed by atoms with Crippen molar-refractivity contribution in [3.8, 4) is 0 Å². The van der Waals surface area contributed by atoms with E-state index in [4.69, 9.17) is 16.3 Å². The van der Waals surface area contributed by atoms with Crippen molar-refractivity contribution in [3.63, 3.8) is 0 Å². The first-order chi connectivity index (χ1) is 12.4. The molecule has 4 nitrogen and oxygen atoms in total. The third-order valence-electron chi connectivity index (χ3n) is 4.23. The van der Waals surface area contributed by atoms with Gasteiger partial charge in [-0.15, -0.1) is 0 Å². The van der Waals surface area contributed by atoms with Crippen molar-refractivity contribution in [2.24, 2.45) is 0 Å². The molecule has 1 saturated heterocycles. The van der Waals surface area contributed by atoms with Crippen molar-refractivity contribution in [3.05, 3.63) is 58.7 Å². The molecule has 1 aliphatic rings. The Morgan fingerprint density at radius 1 is 1.19 bits per heavy atom. The van der Waals surface area contributed by atoms with Crippen molar-refractivity contribution in [2.45, 2.75) is 12.2 Å². The second-order valence-electron chi connectivity index (χ2n) is 6.07. The first-order valence-corrected chi connectivity index (χ1v) is 8.65. The van der Waals surface area contributed by atoms with Crippen LogP contribution in [0.15, 0.2) is 42.6 Å². The van der Waals surface area contributed by atoms with E-state index in [1.807, 2.05) is 30.3 Å². The molecule has 1 N–H and O–H groups in total. The second-order valence-corrected chi connectivity index (χ2v) is 6.48. The monoisotopic (exact) mass is 385 g/mol. The molecule has 1 atom stereocenters. The minimum absolute atomic E-state index is 0.0530. The number of halogens is 4. The zero-order chi connectivity index (χ0) is 18.6. The van der Waals surface area contributed by atoms with Crippen LogP contribution in [0, 0.1) is 0 Å². The highest BCUT2D eigenvalue weighted by atomic mass is 35.5. The van der Waals surface area contributed by atoms with E-state index >= 15 is 0 Å². The molecule has 1 fully saturated rings. The van der Waals surface area contributed by atoms with Gasteiger partial charge in [-0.3, -0.25) is 4.90 Å². The van der Waals surface area contributed by atoms with Gasteiger partial charge in [0.1, 0.15) is 5.82 Å². The molecular formula is C18H19ClF3N3O. The molecule has 2 heterocycles. The third kappa shape index (κ3) is 4.87. The number of rotatable bonds is 5. The lowest BCUT2D eigenvalue weighted by Crippen LogP contribution is -2.40. The molecule has 1 aromatic carbocycles. The lowest BCUT2D eigenvalue weighted by atomic mass is 10.1. The van der Waals surface area contributed by atoms with Crippen molar-refractivity contribution in [1.82, 2.24) is 9.88 Å². The number of anilines is 1. The van der Waals surface area contributed by atoms with Gasteiger partial charge in [0, 0.05) is 25.8 Å². The summed E-state index contributed by atoms with van der Waals surface area (Å²) in [5, 5.41) is 3.14. The van der Waals surface area contributed by atoms with E-state index in [-0.39, 0.29) is 16.9 Å². The summed E-state index contributed by atoms with van der Waals surface area (Å²) in [7, 11) is 0. The van der Waals surface area contributed by atoms with Crippen LogP contribution in [0.1, 0.15) is 17.2 Å². The van der Waals surface area contributed by atoms with E-state index < -0.39 is 11.7 Å². The number of aromatic nitrogens is 1. The summed E-state index contributed by atoms with van der Waals surface area (Å²) in [6.45, 7) is 3.62. The maximum atomic E-state index is 12.8. The predicted molar refractivity (Wildman–Crippen MR) is 94.3 cm³/mol. The number of nitrogens with zero attached hydrogens (tertiary/aromatic N) is 2. The van der Waals surface area contributed by atoms with Crippen LogP contribution in [0.2, 0.25) is 5.02 Å². The Labute approximate surface area is 154 Å². The fourth-order valence-electron chi connectivity index (χ4n) is 2.83. The average molecular weight is 386 g/mol. The normalized spacial score (nSPS) is 17.1. The van der Waals surface area contributed by atoms with Crippen LogP contribution in [-0.2, 0) is 10.9 Å². The number of hydrogen-bond donors (Lipinski definition) is 1. The maximum Gasteiger partial charge on any atom is 0.417 e. The van der Waals surface area contributed by atoms with Gasteiger partial charge in [0.05, 0.1) is 29.8 Å². The quantitative estimate of drug-likeness (QED) is 0.835. The Morgan fingerprint density at radius 3 is 2.50 bits per heavy atom. The molecule has 2 aromatic rings. The molecule has 1 unspecified atom stereocenters.